The van der Waals surface area contributed by atoms with E-state index in [9.17, 15) is 4.79 Å². The van der Waals surface area contributed by atoms with Gasteiger partial charge in [0, 0.05) is 5.56 Å². The summed E-state index contributed by atoms with van der Waals surface area (Å²) in [4.78, 5) is 11.1. The number of halogens is 1. The van der Waals surface area contributed by atoms with Crippen LogP contribution in [0.25, 0.3) is 0 Å². The van der Waals surface area contributed by atoms with Gasteiger partial charge >= 0.3 is 0 Å². The number of nitrogens with zero attached hydrogens (tertiary/aromatic N) is 2. The molecule has 9 heteroatoms. The van der Waals surface area contributed by atoms with Gasteiger partial charge in [0.1, 0.15) is 0 Å². The van der Waals surface area contributed by atoms with Crippen molar-refractivity contribution in [3.05, 3.63) is 16.1 Å². The first-order chi connectivity index (χ1) is 10.6. The molecule has 1 aromatic rings. The average molecular weight is 388 g/mol. The minimum absolute atomic E-state index is 0.0760. The van der Waals surface area contributed by atoms with Gasteiger partial charge in [-0.3, -0.25) is 4.79 Å². The van der Waals surface area contributed by atoms with E-state index in [1.807, 2.05) is 0 Å². The number of carbonyl (C=O) groups is 1. The molecule has 0 saturated carbocycles. The monoisotopic (exact) mass is 387 g/mol. The van der Waals surface area contributed by atoms with E-state index in [0.717, 1.165) is 0 Å². The van der Waals surface area contributed by atoms with Crippen molar-refractivity contribution in [1.29, 1.82) is 0 Å². The molecular weight excluding hydrogens is 374 g/mol. The molecule has 1 aliphatic rings. The highest BCUT2D eigenvalue weighted by Gasteiger charge is 2.18. The molecule has 0 unspecified atom stereocenters. The quantitative estimate of drug-likeness (QED) is 0.617. The van der Waals surface area contributed by atoms with E-state index in [-0.39, 0.29) is 5.91 Å². The fraction of sp³-hybridized carbons (Fsp3) is 0.308. The molecule has 0 radical (unpaired) electrons. The van der Waals surface area contributed by atoms with Crippen LogP contribution in [-0.4, -0.2) is 44.4 Å². The molecule has 0 spiro atoms. The van der Waals surface area contributed by atoms with Crippen molar-refractivity contribution in [2.24, 2.45) is 10.2 Å². The maximum atomic E-state index is 11.1. The summed E-state index contributed by atoms with van der Waals surface area (Å²) < 4.78 is 16.6. The maximum absolute atomic E-state index is 11.1. The molecule has 0 atom stereocenters. The Bertz CT molecular complexity index is 649. The number of hydrogen-bond donors (Lipinski definition) is 1. The van der Waals surface area contributed by atoms with Crippen molar-refractivity contribution >= 4 is 45.0 Å². The van der Waals surface area contributed by atoms with Gasteiger partial charge in [-0.15, -0.1) is 5.10 Å². The average Bonchev–Trinajstić information content (AvgIpc) is 2.93. The Labute approximate surface area is 140 Å². The van der Waals surface area contributed by atoms with E-state index >= 15 is 0 Å². The van der Waals surface area contributed by atoms with Crippen molar-refractivity contribution in [3.8, 4) is 17.2 Å². The summed E-state index contributed by atoms with van der Waals surface area (Å²) in [5.74, 6) is 1.79. The minimum Gasteiger partial charge on any atom is -0.493 e. The van der Waals surface area contributed by atoms with Gasteiger partial charge in [-0.1, -0.05) is 11.8 Å². The van der Waals surface area contributed by atoms with Crippen LogP contribution in [0.5, 0.6) is 17.2 Å². The summed E-state index contributed by atoms with van der Waals surface area (Å²) in [5.41, 5.74) is 0.702. The third-order valence-corrected chi connectivity index (χ3v) is 4.41. The summed E-state index contributed by atoms with van der Waals surface area (Å²) in [5, 5.41) is 11.0. The van der Waals surface area contributed by atoms with E-state index in [1.54, 1.807) is 6.07 Å². The lowest BCUT2D eigenvalue weighted by molar-refractivity contribution is -0.116. The molecule has 1 amide bonds. The lowest BCUT2D eigenvalue weighted by Gasteiger charge is -2.14. The first-order valence-corrected chi connectivity index (χ1v) is 7.90. The lowest BCUT2D eigenvalue weighted by atomic mass is 10.2. The van der Waals surface area contributed by atoms with Crippen molar-refractivity contribution in [1.82, 2.24) is 5.32 Å². The molecule has 1 aromatic carbocycles. The molecule has 118 valence electrons. The lowest BCUT2D eigenvalue weighted by Crippen LogP contribution is -2.19. The fourth-order valence-corrected chi connectivity index (χ4v) is 2.95. The largest absolute Gasteiger partial charge is 0.493 e. The zero-order valence-corrected chi connectivity index (χ0v) is 14.6. The van der Waals surface area contributed by atoms with Gasteiger partial charge < -0.3 is 19.5 Å². The van der Waals surface area contributed by atoms with E-state index in [0.29, 0.717) is 38.2 Å². The highest BCUT2D eigenvalue weighted by Crippen LogP contribution is 2.44. The first kappa shape index (κ1) is 16.6. The minimum atomic E-state index is -0.0760. The van der Waals surface area contributed by atoms with Gasteiger partial charge in [0.25, 0.3) is 0 Å². The second kappa shape index (κ2) is 7.50. The number of methoxy groups -OCH3 is 3. The third-order valence-electron chi connectivity index (χ3n) is 2.73. The molecule has 1 fully saturated rings. The Balaban J connectivity index is 2.33. The van der Waals surface area contributed by atoms with E-state index < -0.39 is 0 Å². The number of ether oxygens (including phenoxy) is 3. The van der Waals surface area contributed by atoms with Crippen LogP contribution in [0.2, 0.25) is 0 Å². The number of hydrogen-bond acceptors (Lipinski definition) is 7. The molecular formula is C13H14BrN3O4S. The second-order valence-corrected chi connectivity index (χ2v) is 5.79. The number of benzene rings is 1. The highest BCUT2D eigenvalue weighted by molar-refractivity contribution is 9.10. The van der Waals surface area contributed by atoms with Crippen molar-refractivity contribution in [2.45, 2.75) is 0 Å². The number of thioether (sulfide) groups is 1. The fourth-order valence-electron chi connectivity index (χ4n) is 1.76. The van der Waals surface area contributed by atoms with Crippen LogP contribution in [0, 0.1) is 0 Å². The van der Waals surface area contributed by atoms with Gasteiger partial charge in [-0.05, 0) is 22.0 Å². The Hall–Kier alpha value is -1.74. The molecule has 1 saturated heterocycles. The zero-order chi connectivity index (χ0) is 16.1. The number of rotatable bonds is 5. The maximum Gasteiger partial charge on any atom is 0.236 e. The number of amides is 1. The van der Waals surface area contributed by atoms with Crippen molar-refractivity contribution in [3.63, 3.8) is 0 Å². The molecule has 1 N–H and O–H groups in total. The summed E-state index contributed by atoms with van der Waals surface area (Å²) in [6.45, 7) is 0. The van der Waals surface area contributed by atoms with Crippen LogP contribution >= 0.6 is 27.7 Å². The van der Waals surface area contributed by atoms with E-state index in [4.69, 9.17) is 14.2 Å². The number of amidine groups is 1. The molecule has 22 heavy (non-hydrogen) atoms. The second-order valence-electron chi connectivity index (χ2n) is 4.04. The van der Waals surface area contributed by atoms with Crippen molar-refractivity contribution in [2.75, 3.05) is 27.1 Å². The molecule has 0 aromatic heterocycles. The number of carbonyl (C=O) groups excluding carboxylic acids is 1. The van der Waals surface area contributed by atoms with Gasteiger partial charge in [0.2, 0.25) is 11.7 Å². The van der Waals surface area contributed by atoms with Crippen LogP contribution in [0.3, 0.4) is 0 Å². The highest BCUT2D eigenvalue weighted by atomic mass is 79.9. The summed E-state index contributed by atoms with van der Waals surface area (Å²) in [7, 11) is 4.61. The van der Waals surface area contributed by atoms with E-state index in [1.165, 1.54) is 39.3 Å². The van der Waals surface area contributed by atoms with Crippen molar-refractivity contribution < 1.29 is 19.0 Å². The Kier molecular flexibility index (Phi) is 5.67. The standard InChI is InChI=1S/C13H14BrN3O4S/c1-19-8-4-7(10(14)12(21-3)11(8)20-2)5-15-17-13-16-9(18)6-22-13/h4-5H,6H2,1-3H3,(H,16,17,18). The SMILES string of the molecule is COc1cc(C=NN=C2NC(=O)CS2)c(Br)c(OC)c1OC. The van der Waals surface area contributed by atoms with Crippen LogP contribution in [0.1, 0.15) is 5.56 Å². The first-order valence-electron chi connectivity index (χ1n) is 6.12. The molecule has 7 nitrogen and oxygen atoms in total. The zero-order valence-electron chi connectivity index (χ0n) is 12.2. The smallest absolute Gasteiger partial charge is 0.236 e. The summed E-state index contributed by atoms with van der Waals surface area (Å²) in [6.07, 6.45) is 1.53. The Morgan fingerprint density at radius 2 is 2.00 bits per heavy atom. The van der Waals surface area contributed by atoms with Gasteiger partial charge in [-0.25, -0.2) is 0 Å². The van der Waals surface area contributed by atoms with Gasteiger partial charge in [0.15, 0.2) is 16.7 Å². The Morgan fingerprint density at radius 3 is 2.55 bits per heavy atom. The van der Waals surface area contributed by atoms with Crippen LogP contribution in [0.4, 0.5) is 0 Å². The summed E-state index contributed by atoms with van der Waals surface area (Å²) in [6, 6.07) is 1.75. The van der Waals surface area contributed by atoms with Gasteiger partial charge in [0.05, 0.1) is 37.8 Å². The molecule has 1 aliphatic heterocycles. The van der Waals surface area contributed by atoms with E-state index in [2.05, 4.69) is 31.4 Å². The summed E-state index contributed by atoms with van der Waals surface area (Å²) >= 11 is 4.75. The predicted molar refractivity (Wildman–Crippen MR) is 89.4 cm³/mol. The molecule has 2 rings (SSSR count). The Morgan fingerprint density at radius 1 is 1.27 bits per heavy atom. The number of nitrogens with one attached hydrogen (secondary N) is 1. The van der Waals surface area contributed by atoms with Crippen LogP contribution in [0.15, 0.2) is 20.7 Å². The topological polar surface area (TPSA) is 81.5 Å². The normalized spacial score (nSPS) is 16.2. The van der Waals surface area contributed by atoms with Gasteiger partial charge in [-0.2, -0.15) is 5.10 Å². The molecule has 1 heterocycles. The van der Waals surface area contributed by atoms with Crippen LogP contribution < -0.4 is 19.5 Å². The van der Waals surface area contributed by atoms with Crippen LogP contribution in [-0.2, 0) is 4.79 Å². The third kappa shape index (κ3) is 3.53. The predicted octanol–water partition coefficient (Wildman–Crippen LogP) is 2.03. The molecule has 0 aliphatic carbocycles. The molecule has 0 bridgehead atoms.